The zero-order valence-electron chi connectivity index (χ0n) is 16.3. The highest BCUT2D eigenvalue weighted by Gasteiger charge is 2.41. The largest absolute Gasteiger partial charge is 0.379 e. The number of rotatable bonds is 3. The lowest BCUT2D eigenvalue weighted by Gasteiger charge is -2.50. The predicted octanol–water partition coefficient (Wildman–Crippen LogP) is 0.829. The Hall–Kier alpha value is -2.09. The number of nitrogens with zero attached hydrogens (tertiary/aromatic N) is 5. The second-order valence-electron chi connectivity index (χ2n) is 7.42. The number of para-hydroxylation sites is 1. The van der Waals surface area contributed by atoms with E-state index in [0.29, 0.717) is 0 Å². The van der Waals surface area contributed by atoms with Crippen LogP contribution < -0.4 is 10.2 Å². The first-order chi connectivity index (χ1) is 13.2. The van der Waals surface area contributed by atoms with E-state index >= 15 is 0 Å². The van der Waals surface area contributed by atoms with Crippen LogP contribution in [0.4, 0.5) is 5.69 Å². The number of piperazine rings is 1. The molecule has 4 rings (SSSR count). The summed E-state index contributed by atoms with van der Waals surface area (Å²) in [7, 11) is 4.23. The van der Waals surface area contributed by atoms with Crippen molar-refractivity contribution in [1.82, 2.24) is 20.0 Å². The molecule has 3 aliphatic heterocycles. The minimum Gasteiger partial charge on any atom is -0.379 e. The fraction of sp³-hybridized carbons (Fsp3) is 0.550. The Balaban J connectivity index is 1.44. The zero-order valence-corrected chi connectivity index (χ0v) is 16.3. The Bertz CT molecular complexity index is 677. The van der Waals surface area contributed by atoms with Gasteiger partial charge in [0, 0.05) is 51.2 Å². The lowest BCUT2D eigenvalue weighted by molar-refractivity contribution is -0.0679. The number of hydrogen-bond donors (Lipinski definition) is 1. The van der Waals surface area contributed by atoms with Gasteiger partial charge in [0.15, 0.2) is 5.79 Å². The second kappa shape index (κ2) is 7.88. The summed E-state index contributed by atoms with van der Waals surface area (Å²) in [6, 6.07) is 10.6. The summed E-state index contributed by atoms with van der Waals surface area (Å²) < 4.78 is 5.55. The lowest BCUT2D eigenvalue weighted by atomic mass is 10.2. The minimum absolute atomic E-state index is 0.350. The van der Waals surface area contributed by atoms with Gasteiger partial charge < -0.3 is 19.9 Å². The third-order valence-corrected chi connectivity index (χ3v) is 5.68. The molecule has 7 nitrogen and oxygen atoms in total. The van der Waals surface area contributed by atoms with Gasteiger partial charge in [0.25, 0.3) is 0 Å². The van der Waals surface area contributed by atoms with Crippen LogP contribution in [0.25, 0.3) is 0 Å². The van der Waals surface area contributed by atoms with Gasteiger partial charge in [-0.2, -0.15) is 0 Å². The molecule has 0 spiro atoms. The molecule has 1 unspecified atom stereocenters. The molecule has 0 aromatic heterocycles. The number of likely N-dealkylation sites (N-methyl/N-ethyl adjacent to an activating group) is 1. The molecule has 0 aliphatic carbocycles. The lowest BCUT2D eigenvalue weighted by Crippen LogP contribution is -2.71. The van der Waals surface area contributed by atoms with Crippen molar-refractivity contribution < 1.29 is 4.74 Å². The zero-order chi connectivity index (χ0) is 18.7. The van der Waals surface area contributed by atoms with Gasteiger partial charge in [-0.3, -0.25) is 9.80 Å². The van der Waals surface area contributed by atoms with Crippen molar-refractivity contribution >= 4 is 11.6 Å². The summed E-state index contributed by atoms with van der Waals surface area (Å²) in [5.41, 5.74) is 1.30. The van der Waals surface area contributed by atoms with Crippen LogP contribution in [0.3, 0.4) is 0 Å². The van der Waals surface area contributed by atoms with Gasteiger partial charge in [-0.1, -0.05) is 18.2 Å². The van der Waals surface area contributed by atoms with Gasteiger partial charge in [0.2, 0.25) is 5.96 Å². The van der Waals surface area contributed by atoms with Crippen LogP contribution in [0.1, 0.15) is 0 Å². The van der Waals surface area contributed by atoms with Crippen molar-refractivity contribution in [1.29, 1.82) is 0 Å². The van der Waals surface area contributed by atoms with Gasteiger partial charge in [-0.05, 0) is 32.3 Å². The van der Waals surface area contributed by atoms with E-state index in [0.717, 1.165) is 58.4 Å². The maximum Gasteiger partial charge on any atom is 0.201 e. The summed E-state index contributed by atoms with van der Waals surface area (Å²) >= 11 is 0. The van der Waals surface area contributed by atoms with Gasteiger partial charge in [0.05, 0.1) is 13.2 Å². The Kier molecular flexibility index (Phi) is 5.33. The van der Waals surface area contributed by atoms with Crippen LogP contribution in [0, 0.1) is 0 Å². The number of nitrogens with one attached hydrogen (secondary N) is 1. The number of ether oxygens (including phenoxy) is 1. The molecule has 0 bridgehead atoms. The quantitative estimate of drug-likeness (QED) is 0.851. The summed E-state index contributed by atoms with van der Waals surface area (Å²) in [4.78, 5) is 14.1. The average Bonchev–Trinajstić information content (AvgIpc) is 2.75. The third kappa shape index (κ3) is 3.67. The first kappa shape index (κ1) is 18.3. The molecule has 0 saturated carbocycles. The molecule has 2 saturated heterocycles. The predicted molar refractivity (Wildman–Crippen MR) is 109 cm³/mol. The fourth-order valence-corrected chi connectivity index (χ4v) is 4.06. The molecule has 0 radical (unpaired) electrons. The third-order valence-electron chi connectivity index (χ3n) is 5.68. The van der Waals surface area contributed by atoms with Crippen molar-refractivity contribution in [2.45, 2.75) is 5.79 Å². The average molecular weight is 371 g/mol. The van der Waals surface area contributed by atoms with E-state index in [1.54, 1.807) is 0 Å². The van der Waals surface area contributed by atoms with Crippen molar-refractivity contribution in [3.8, 4) is 0 Å². The minimum atomic E-state index is -0.350. The van der Waals surface area contributed by atoms with Crippen LogP contribution in [0.2, 0.25) is 0 Å². The number of benzene rings is 1. The molecule has 3 aliphatic rings. The molecule has 27 heavy (non-hydrogen) atoms. The number of anilines is 1. The van der Waals surface area contributed by atoms with Crippen LogP contribution in [0.15, 0.2) is 47.6 Å². The first-order valence-electron chi connectivity index (χ1n) is 9.78. The van der Waals surface area contributed by atoms with E-state index in [1.165, 1.54) is 5.69 Å². The highest BCUT2D eigenvalue weighted by Crippen LogP contribution is 2.23. The molecular formula is C20H30N6O. The smallest absolute Gasteiger partial charge is 0.201 e. The molecule has 3 heterocycles. The number of aliphatic imine (C=N–C) groups is 1. The van der Waals surface area contributed by atoms with Crippen LogP contribution >= 0.6 is 0 Å². The molecule has 1 aromatic carbocycles. The van der Waals surface area contributed by atoms with Crippen LogP contribution in [-0.2, 0) is 4.74 Å². The summed E-state index contributed by atoms with van der Waals surface area (Å²) in [5.74, 6) is 0.614. The normalized spacial score (nSPS) is 26.9. The van der Waals surface area contributed by atoms with Gasteiger partial charge in [-0.15, -0.1) is 0 Å². The summed E-state index contributed by atoms with van der Waals surface area (Å²) in [5, 5.41) is 3.73. The highest BCUT2D eigenvalue weighted by molar-refractivity contribution is 5.82. The van der Waals surface area contributed by atoms with Crippen LogP contribution in [0.5, 0.6) is 0 Å². The number of guanidine groups is 1. The van der Waals surface area contributed by atoms with Crippen molar-refractivity contribution in [2.24, 2.45) is 4.99 Å². The van der Waals surface area contributed by atoms with E-state index in [2.05, 4.69) is 80.4 Å². The Morgan fingerprint density at radius 3 is 2.30 bits per heavy atom. The van der Waals surface area contributed by atoms with E-state index in [-0.39, 0.29) is 5.79 Å². The van der Waals surface area contributed by atoms with Gasteiger partial charge in [0.1, 0.15) is 0 Å². The Morgan fingerprint density at radius 1 is 0.963 bits per heavy atom. The van der Waals surface area contributed by atoms with E-state index < -0.39 is 0 Å². The topological polar surface area (TPSA) is 46.6 Å². The molecular weight excluding hydrogens is 340 g/mol. The molecule has 1 atom stereocenters. The molecule has 1 aromatic rings. The standard InChI is InChI=1S/C20H30N6O/c1-23(2)20(26-14-16-27-17-15-26)8-9-21-19(22-20)25-12-10-24(11-13-25)18-6-4-3-5-7-18/h3-9H,10-17H2,1-2H3,(H,21,22). The Labute approximate surface area is 161 Å². The van der Waals surface area contributed by atoms with Crippen LogP contribution in [-0.4, -0.2) is 93.0 Å². The summed E-state index contributed by atoms with van der Waals surface area (Å²) in [6.45, 7) is 7.28. The van der Waals surface area contributed by atoms with Crippen molar-refractivity contribution in [3.05, 3.63) is 42.6 Å². The maximum absolute atomic E-state index is 5.55. The molecule has 146 valence electrons. The fourth-order valence-electron chi connectivity index (χ4n) is 4.06. The van der Waals surface area contributed by atoms with Gasteiger partial charge in [-0.25, -0.2) is 4.99 Å². The molecule has 7 heteroatoms. The molecule has 2 fully saturated rings. The molecule has 1 N–H and O–H groups in total. The first-order valence-corrected chi connectivity index (χ1v) is 9.78. The highest BCUT2D eigenvalue weighted by atomic mass is 16.5. The number of hydrogen-bond acceptors (Lipinski definition) is 7. The van der Waals surface area contributed by atoms with E-state index in [1.807, 2.05) is 6.20 Å². The monoisotopic (exact) mass is 370 g/mol. The summed E-state index contributed by atoms with van der Waals surface area (Å²) in [6.07, 6.45) is 4.10. The Morgan fingerprint density at radius 2 is 1.63 bits per heavy atom. The van der Waals surface area contributed by atoms with E-state index in [4.69, 9.17) is 4.74 Å². The number of morpholine rings is 1. The SMILES string of the molecule is CN(C)C1(N2CCOCC2)C=CN=C(N2CCN(c3ccccc3)CC2)N1. The molecule has 0 amide bonds. The van der Waals surface area contributed by atoms with Crippen molar-refractivity contribution in [2.75, 3.05) is 71.5 Å². The van der Waals surface area contributed by atoms with Gasteiger partial charge >= 0.3 is 0 Å². The second-order valence-corrected chi connectivity index (χ2v) is 7.42. The van der Waals surface area contributed by atoms with E-state index in [9.17, 15) is 0 Å². The van der Waals surface area contributed by atoms with Crippen molar-refractivity contribution in [3.63, 3.8) is 0 Å². The maximum atomic E-state index is 5.55.